The largest absolute Gasteiger partial charge is 0.326 e. The first-order chi connectivity index (χ1) is 12.9. The molecule has 144 valence electrons. The van der Waals surface area contributed by atoms with Crippen LogP contribution in [0.1, 0.15) is 39.8 Å². The second-order valence-corrected chi connectivity index (χ2v) is 6.37. The molecule has 0 aliphatic carbocycles. The fourth-order valence-electron chi connectivity index (χ4n) is 2.33. The van der Waals surface area contributed by atoms with E-state index in [2.05, 4.69) is 57.2 Å². The van der Waals surface area contributed by atoms with E-state index in [0.717, 1.165) is 0 Å². The molecule has 3 aromatic rings. The maximum absolute atomic E-state index is 12.0. The van der Waals surface area contributed by atoms with Crippen molar-refractivity contribution in [1.82, 2.24) is 0 Å². The fourth-order valence-corrected chi connectivity index (χ4v) is 2.33. The Kier molecular flexibility index (Phi) is 9.99. The quantitative estimate of drug-likeness (QED) is 0.535. The molecule has 3 aromatic carbocycles. The smallest absolute Gasteiger partial charge is 0.264 e. The first-order valence-electron chi connectivity index (χ1n) is 8.97. The monoisotopic (exact) mass is 369 g/mol. The van der Waals surface area contributed by atoms with E-state index in [4.69, 9.17) is 5.73 Å². The van der Waals surface area contributed by atoms with Crippen molar-refractivity contribution in [3.8, 4) is 0 Å². The predicted molar refractivity (Wildman–Crippen MR) is 111 cm³/mol. The zero-order valence-corrected chi connectivity index (χ0v) is 16.5. The van der Waals surface area contributed by atoms with Gasteiger partial charge in [-0.3, -0.25) is 0 Å². The molecule has 0 atom stereocenters. The van der Waals surface area contributed by atoms with E-state index in [1.807, 2.05) is 12.1 Å². The summed E-state index contributed by atoms with van der Waals surface area (Å²) in [6.07, 6.45) is -2.35. The number of halogens is 2. The average molecular weight is 369 g/mol. The van der Waals surface area contributed by atoms with E-state index >= 15 is 0 Å². The minimum Gasteiger partial charge on any atom is -0.326 e. The molecule has 3 heteroatoms. The molecule has 0 saturated heterocycles. The van der Waals surface area contributed by atoms with E-state index in [9.17, 15) is 8.78 Å². The van der Waals surface area contributed by atoms with Crippen LogP contribution in [0.3, 0.4) is 0 Å². The van der Waals surface area contributed by atoms with E-state index in [0.29, 0.717) is 12.1 Å². The average Bonchev–Trinajstić information content (AvgIpc) is 2.66. The summed E-state index contributed by atoms with van der Waals surface area (Å²) in [6, 6.07) is 23.0. The number of nitrogens with two attached hydrogens (primary N) is 1. The number of rotatable bonds is 2. The second kappa shape index (κ2) is 12.0. The Morgan fingerprint density at radius 1 is 0.630 bits per heavy atom. The van der Waals surface area contributed by atoms with Crippen molar-refractivity contribution in [2.24, 2.45) is 5.73 Å². The highest BCUT2D eigenvalue weighted by atomic mass is 19.3. The molecule has 3 rings (SSSR count). The summed E-state index contributed by atoms with van der Waals surface area (Å²) in [7, 11) is 0. The van der Waals surface area contributed by atoms with Gasteiger partial charge in [0.2, 0.25) is 0 Å². The maximum Gasteiger partial charge on any atom is 0.264 e. The van der Waals surface area contributed by atoms with Gasteiger partial charge in [0.05, 0.1) is 0 Å². The molecule has 0 heterocycles. The summed E-state index contributed by atoms with van der Waals surface area (Å²) in [5, 5.41) is 0. The normalized spacial score (nSPS) is 9.78. The number of alkyl halides is 2. The minimum atomic E-state index is -2.35. The van der Waals surface area contributed by atoms with Crippen molar-refractivity contribution in [3.63, 3.8) is 0 Å². The third-order valence-electron chi connectivity index (χ3n) is 4.33. The molecule has 0 radical (unpaired) electrons. The van der Waals surface area contributed by atoms with Crippen molar-refractivity contribution < 1.29 is 8.78 Å². The van der Waals surface area contributed by atoms with Crippen LogP contribution >= 0.6 is 0 Å². The summed E-state index contributed by atoms with van der Waals surface area (Å²) in [5.41, 5.74) is 11.5. The van der Waals surface area contributed by atoms with Crippen molar-refractivity contribution >= 4 is 0 Å². The van der Waals surface area contributed by atoms with Crippen LogP contribution in [-0.4, -0.2) is 0 Å². The Morgan fingerprint density at radius 2 is 1.04 bits per heavy atom. The van der Waals surface area contributed by atoms with Crippen molar-refractivity contribution in [2.45, 2.75) is 40.7 Å². The molecule has 0 fully saturated rings. The highest BCUT2D eigenvalue weighted by molar-refractivity contribution is 5.26. The molecule has 27 heavy (non-hydrogen) atoms. The van der Waals surface area contributed by atoms with E-state index in [1.165, 1.54) is 28.3 Å². The number of aryl methyl sites for hydroxylation is 4. The van der Waals surface area contributed by atoms with Gasteiger partial charge >= 0.3 is 0 Å². The topological polar surface area (TPSA) is 26.0 Å². The maximum atomic E-state index is 12.0. The first-order valence-corrected chi connectivity index (χ1v) is 8.97. The van der Waals surface area contributed by atoms with Crippen LogP contribution in [0.4, 0.5) is 8.78 Å². The molecule has 0 bridgehead atoms. The molecule has 0 aliphatic heterocycles. The van der Waals surface area contributed by atoms with Gasteiger partial charge in [0.1, 0.15) is 0 Å². The summed E-state index contributed by atoms with van der Waals surface area (Å²) in [5.74, 6) is 0. The van der Waals surface area contributed by atoms with Crippen LogP contribution in [0, 0.1) is 27.7 Å². The van der Waals surface area contributed by atoms with E-state index in [-0.39, 0.29) is 5.56 Å². The highest BCUT2D eigenvalue weighted by Gasteiger charge is 2.07. The standard InChI is InChI=1S/C8H8F2.C8H11N.C8H10/c1-6-4-2-3-5-7(6)8(9)10;1-7-4-2-3-5-8(7)6-9;1-7-5-3-4-6-8(7)2/h2-5,8H,1H3;2-5H,6,9H2,1H3;3-6H,1-2H3. The van der Waals surface area contributed by atoms with Gasteiger partial charge < -0.3 is 5.73 Å². The molecular formula is C24H29F2N. The van der Waals surface area contributed by atoms with Crippen LogP contribution in [0.25, 0.3) is 0 Å². The fraction of sp³-hybridized carbons (Fsp3) is 0.250. The molecule has 2 N–H and O–H groups in total. The Bertz CT molecular complexity index is 792. The van der Waals surface area contributed by atoms with Gasteiger partial charge in [0.15, 0.2) is 0 Å². The van der Waals surface area contributed by atoms with E-state index < -0.39 is 6.43 Å². The van der Waals surface area contributed by atoms with Crippen molar-refractivity contribution in [1.29, 1.82) is 0 Å². The number of hydrogen-bond acceptors (Lipinski definition) is 1. The van der Waals surface area contributed by atoms with Crippen LogP contribution in [0.5, 0.6) is 0 Å². The Hall–Kier alpha value is -2.52. The van der Waals surface area contributed by atoms with Crippen molar-refractivity contribution in [3.05, 3.63) is 106 Å². The summed E-state index contributed by atoms with van der Waals surface area (Å²) in [4.78, 5) is 0. The summed E-state index contributed by atoms with van der Waals surface area (Å²) < 4.78 is 24.1. The van der Waals surface area contributed by atoms with Gasteiger partial charge in [-0.1, -0.05) is 72.8 Å². The van der Waals surface area contributed by atoms with Gasteiger partial charge in [0, 0.05) is 12.1 Å². The molecule has 0 spiro atoms. The lowest BCUT2D eigenvalue weighted by molar-refractivity contribution is 0.150. The van der Waals surface area contributed by atoms with E-state index in [1.54, 1.807) is 25.1 Å². The molecule has 0 saturated carbocycles. The van der Waals surface area contributed by atoms with Crippen LogP contribution in [-0.2, 0) is 6.54 Å². The SMILES string of the molecule is Cc1ccccc1C.Cc1ccccc1C(F)F.Cc1ccccc1CN. The first kappa shape index (κ1) is 22.5. The van der Waals surface area contributed by atoms with Crippen molar-refractivity contribution in [2.75, 3.05) is 0 Å². The van der Waals surface area contributed by atoms with Crippen LogP contribution in [0.2, 0.25) is 0 Å². The number of benzene rings is 3. The molecule has 0 unspecified atom stereocenters. The van der Waals surface area contributed by atoms with Gasteiger partial charge in [-0.25, -0.2) is 8.78 Å². The highest BCUT2D eigenvalue weighted by Crippen LogP contribution is 2.21. The molecular weight excluding hydrogens is 340 g/mol. The third-order valence-corrected chi connectivity index (χ3v) is 4.33. The van der Waals surface area contributed by atoms with Crippen LogP contribution < -0.4 is 5.73 Å². The van der Waals surface area contributed by atoms with Crippen LogP contribution in [0.15, 0.2) is 72.8 Å². The molecule has 0 aromatic heterocycles. The summed E-state index contributed by atoms with van der Waals surface area (Å²) in [6.45, 7) is 8.64. The molecule has 0 aliphatic rings. The van der Waals surface area contributed by atoms with Gasteiger partial charge in [-0.05, 0) is 55.5 Å². The Morgan fingerprint density at radius 3 is 1.33 bits per heavy atom. The van der Waals surface area contributed by atoms with Gasteiger partial charge in [-0.15, -0.1) is 0 Å². The second-order valence-electron chi connectivity index (χ2n) is 6.37. The Balaban J connectivity index is 0.000000204. The lowest BCUT2D eigenvalue weighted by atomic mass is 10.1. The zero-order chi connectivity index (χ0) is 20.2. The Labute approximate surface area is 161 Å². The predicted octanol–water partition coefficient (Wildman–Crippen LogP) is 6.69. The number of hydrogen-bond donors (Lipinski definition) is 1. The van der Waals surface area contributed by atoms with Gasteiger partial charge in [0.25, 0.3) is 6.43 Å². The lowest BCUT2D eigenvalue weighted by Gasteiger charge is -2.01. The third kappa shape index (κ3) is 8.14. The minimum absolute atomic E-state index is 0.127. The van der Waals surface area contributed by atoms with Gasteiger partial charge in [-0.2, -0.15) is 0 Å². The molecule has 1 nitrogen and oxygen atoms in total. The zero-order valence-electron chi connectivity index (χ0n) is 16.5. The summed E-state index contributed by atoms with van der Waals surface area (Å²) >= 11 is 0. The molecule has 0 amide bonds. The lowest BCUT2D eigenvalue weighted by Crippen LogP contribution is -1.97.